The molecule has 2 aliphatic rings. The van der Waals surface area contributed by atoms with Crippen molar-refractivity contribution < 1.29 is 19.8 Å². The van der Waals surface area contributed by atoms with Crippen LogP contribution in [0.2, 0.25) is 5.02 Å². The molecule has 3 atom stereocenters. The molecule has 1 aromatic carbocycles. The van der Waals surface area contributed by atoms with Gasteiger partial charge in [0.15, 0.2) is 0 Å². The van der Waals surface area contributed by atoms with Crippen LogP contribution < -0.4 is 0 Å². The van der Waals surface area contributed by atoms with E-state index < -0.39 is 18.0 Å². The Labute approximate surface area is 139 Å². The fourth-order valence-electron chi connectivity index (χ4n) is 3.34. The molecule has 0 aromatic heterocycles. The highest BCUT2D eigenvalue weighted by Crippen LogP contribution is 2.41. The van der Waals surface area contributed by atoms with Gasteiger partial charge in [0.1, 0.15) is 0 Å². The van der Waals surface area contributed by atoms with E-state index in [1.165, 1.54) is 0 Å². The number of nitrogens with zero attached hydrogens (tertiary/aromatic N) is 1. The maximum Gasteiger partial charge on any atom is 0.307 e. The van der Waals surface area contributed by atoms with Crippen molar-refractivity contribution >= 4 is 23.5 Å². The van der Waals surface area contributed by atoms with Gasteiger partial charge in [0, 0.05) is 18.1 Å². The van der Waals surface area contributed by atoms with E-state index in [-0.39, 0.29) is 17.7 Å². The summed E-state index contributed by atoms with van der Waals surface area (Å²) >= 11 is 5.86. The van der Waals surface area contributed by atoms with Gasteiger partial charge >= 0.3 is 5.97 Å². The molecule has 2 fully saturated rings. The first-order valence-electron chi connectivity index (χ1n) is 7.92. The second-order valence-electron chi connectivity index (χ2n) is 6.45. The van der Waals surface area contributed by atoms with Crippen molar-refractivity contribution in [3.63, 3.8) is 0 Å². The minimum Gasteiger partial charge on any atom is -0.481 e. The number of carbonyl (C=O) groups is 2. The molecule has 1 amide bonds. The zero-order valence-electron chi connectivity index (χ0n) is 12.7. The first kappa shape index (κ1) is 16.3. The van der Waals surface area contributed by atoms with Gasteiger partial charge in [-0.1, -0.05) is 23.7 Å². The summed E-state index contributed by atoms with van der Waals surface area (Å²) in [5.41, 5.74) is 0.840. The number of halogens is 1. The molecule has 1 aliphatic heterocycles. The average Bonchev–Trinajstić information content (AvgIpc) is 3.35. The summed E-state index contributed by atoms with van der Waals surface area (Å²) in [4.78, 5) is 24.9. The quantitative estimate of drug-likeness (QED) is 0.884. The number of piperidine rings is 1. The van der Waals surface area contributed by atoms with Crippen molar-refractivity contribution in [2.45, 2.75) is 25.4 Å². The van der Waals surface area contributed by atoms with Crippen LogP contribution in [0.3, 0.4) is 0 Å². The Morgan fingerprint density at radius 1 is 1.13 bits per heavy atom. The summed E-state index contributed by atoms with van der Waals surface area (Å²) in [7, 11) is 0. The number of rotatable bonds is 4. The van der Waals surface area contributed by atoms with Gasteiger partial charge in [-0.05, 0) is 42.9 Å². The predicted molar refractivity (Wildman–Crippen MR) is 84.9 cm³/mol. The lowest BCUT2D eigenvalue weighted by atomic mass is 9.87. The molecule has 3 rings (SSSR count). The van der Waals surface area contributed by atoms with Crippen LogP contribution in [0.4, 0.5) is 0 Å². The summed E-state index contributed by atoms with van der Waals surface area (Å²) in [6, 6.07) is 7.17. The summed E-state index contributed by atoms with van der Waals surface area (Å²) in [6.45, 7) is 1.16. The molecule has 0 unspecified atom stereocenters. The fourth-order valence-corrected chi connectivity index (χ4v) is 3.47. The SMILES string of the molecule is O=C(O)[C@@H]1C[C@H]1C(=O)N1CCC([C@H](O)c2ccc(Cl)cc2)CC1. The van der Waals surface area contributed by atoms with E-state index in [1.807, 2.05) is 12.1 Å². The maximum atomic E-state index is 12.2. The molecular weight excluding hydrogens is 318 g/mol. The van der Waals surface area contributed by atoms with E-state index in [0.717, 1.165) is 18.4 Å². The largest absolute Gasteiger partial charge is 0.481 e. The number of carbonyl (C=O) groups excluding carboxylic acids is 1. The molecular formula is C17H20ClNO4. The molecule has 124 valence electrons. The van der Waals surface area contributed by atoms with Crippen LogP contribution in [0.25, 0.3) is 0 Å². The maximum absolute atomic E-state index is 12.2. The summed E-state index contributed by atoms with van der Waals surface area (Å²) in [5.74, 6) is -1.66. The topological polar surface area (TPSA) is 77.8 Å². The first-order valence-corrected chi connectivity index (χ1v) is 8.30. The molecule has 0 bridgehead atoms. The van der Waals surface area contributed by atoms with Gasteiger partial charge in [-0.2, -0.15) is 0 Å². The zero-order chi connectivity index (χ0) is 16.6. The van der Waals surface area contributed by atoms with E-state index in [1.54, 1.807) is 17.0 Å². The van der Waals surface area contributed by atoms with Crippen LogP contribution in [0, 0.1) is 17.8 Å². The summed E-state index contributed by atoms with van der Waals surface area (Å²) < 4.78 is 0. The number of likely N-dealkylation sites (tertiary alicyclic amines) is 1. The third-order valence-electron chi connectivity index (χ3n) is 4.93. The van der Waals surface area contributed by atoms with Crippen LogP contribution in [-0.4, -0.2) is 40.1 Å². The van der Waals surface area contributed by atoms with Crippen molar-refractivity contribution in [3.05, 3.63) is 34.9 Å². The van der Waals surface area contributed by atoms with E-state index in [2.05, 4.69) is 0 Å². The molecule has 1 heterocycles. The van der Waals surface area contributed by atoms with Crippen molar-refractivity contribution in [2.75, 3.05) is 13.1 Å². The Balaban J connectivity index is 1.53. The van der Waals surface area contributed by atoms with Crippen molar-refractivity contribution in [1.82, 2.24) is 4.90 Å². The number of benzene rings is 1. The highest BCUT2D eigenvalue weighted by molar-refractivity contribution is 6.30. The molecule has 6 heteroatoms. The molecule has 5 nitrogen and oxygen atoms in total. The van der Waals surface area contributed by atoms with Gasteiger partial charge in [0.2, 0.25) is 5.91 Å². The Bertz CT molecular complexity index is 595. The van der Waals surface area contributed by atoms with Gasteiger partial charge in [0.05, 0.1) is 17.9 Å². The monoisotopic (exact) mass is 337 g/mol. The number of amides is 1. The van der Waals surface area contributed by atoms with Crippen LogP contribution in [0.1, 0.15) is 30.9 Å². The lowest BCUT2D eigenvalue weighted by molar-refractivity contribution is -0.142. The highest BCUT2D eigenvalue weighted by atomic mass is 35.5. The number of aliphatic carboxylic acids is 1. The Hall–Kier alpha value is -1.59. The molecule has 0 spiro atoms. The molecule has 2 N–H and O–H groups in total. The lowest BCUT2D eigenvalue weighted by Crippen LogP contribution is -2.41. The Morgan fingerprint density at radius 2 is 1.74 bits per heavy atom. The van der Waals surface area contributed by atoms with Gasteiger partial charge in [-0.3, -0.25) is 9.59 Å². The minimum atomic E-state index is -0.878. The molecule has 1 aliphatic carbocycles. The van der Waals surface area contributed by atoms with Crippen LogP contribution in [0.15, 0.2) is 24.3 Å². The zero-order valence-corrected chi connectivity index (χ0v) is 13.4. The number of carboxylic acid groups (broad SMARTS) is 1. The van der Waals surface area contributed by atoms with Crippen LogP contribution >= 0.6 is 11.6 Å². The van der Waals surface area contributed by atoms with Gasteiger partial charge in [-0.15, -0.1) is 0 Å². The number of hydrogen-bond donors (Lipinski definition) is 2. The van der Waals surface area contributed by atoms with Gasteiger partial charge in [-0.25, -0.2) is 0 Å². The van der Waals surface area contributed by atoms with E-state index >= 15 is 0 Å². The summed E-state index contributed by atoms with van der Waals surface area (Å²) in [6.07, 6.45) is 1.35. The van der Waals surface area contributed by atoms with E-state index in [9.17, 15) is 14.7 Å². The number of aliphatic hydroxyl groups is 1. The fraction of sp³-hybridized carbons (Fsp3) is 0.529. The molecule has 1 saturated heterocycles. The lowest BCUT2D eigenvalue weighted by Gasteiger charge is -2.34. The van der Waals surface area contributed by atoms with E-state index in [0.29, 0.717) is 24.5 Å². The van der Waals surface area contributed by atoms with Crippen LogP contribution in [-0.2, 0) is 9.59 Å². The minimum absolute atomic E-state index is 0.0446. The second kappa shape index (κ2) is 6.49. The standard InChI is InChI=1S/C17H20ClNO4/c18-12-3-1-10(2-4-12)15(20)11-5-7-19(8-6-11)16(21)13-9-14(13)17(22)23/h1-4,11,13-15,20H,5-9H2,(H,22,23)/t13-,14-,15-/m1/s1. The number of hydrogen-bond acceptors (Lipinski definition) is 3. The van der Waals surface area contributed by atoms with Gasteiger partial charge < -0.3 is 15.1 Å². The third kappa shape index (κ3) is 3.51. The number of aliphatic hydroxyl groups excluding tert-OH is 1. The summed E-state index contributed by atoms with van der Waals surface area (Å²) in [5, 5.41) is 20.0. The molecule has 23 heavy (non-hydrogen) atoms. The van der Waals surface area contributed by atoms with E-state index in [4.69, 9.17) is 16.7 Å². The van der Waals surface area contributed by atoms with Crippen molar-refractivity contribution in [2.24, 2.45) is 17.8 Å². The Morgan fingerprint density at radius 3 is 2.26 bits per heavy atom. The normalized spacial score (nSPS) is 25.9. The van der Waals surface area contributed by atoms with Crippen molar-refractivity contribution in [3.8, 4) is 0 Å². The predicted octanol–water partition coefficient (Wildman–Crippen LogP) is 2.33. The number of carboxylic acids is 1. The molecule has 1 aromatic rings. The van der Waals surface area contributed by atoms with Gasteiger partial charge in [0.25, 0.3) is 0 Å². The molecule has 0 radical (unpaired) electrons. The molecule has 1 saturated carbocycles. The first-order chi connectivity index (χ1) is 11.0. The van der Waals surface area contributed by atoms with Crippen molar-refractivity contribution in [1.29, 1.82) is 0 Å². The average molecular weight is 338 g/mol. The Kier molecular flexibility index (Phi) is 4.60. The van der Waals surface area contributed by atoms with Crippen LogP contribution in [0.5, 0.6) is 0 Å². The third-order valence-corrected chi connectivity index (χ3v) is 5.19. The smallest absolute Gasteiger partial charge is 0.307 e. The second-order valence-corrected chi connectivity index (χ2v) is 6.88. The highest BCUT2D eigenvalue weighted by Gasteiger charge is 2.50.